The third-order valence-electron chi connectivity index (χ3n) is 2.89. The zero-order chi connectivity index (χ0) is 13.6. The summed E-state index contributed by atoms with van der Waals surface area (Å²) in [5.41, 5.74) is 1.22. The Morgan fingerprint density at radius 2 is 1.83 bits per heavy atom. The lowest BCUT2D eigenvalue weighted by Gasteiger charge is -2.18. The predicted molar refractivity (Wildman–Crippen MR) is 71.1 cm³/mol. The molecule has 6 heteroatoms. The zero-order valence-electron chi connectivity index (χ0n) is 10.2. The van der Waals surface area contributed by atoms with Crippen LogP contribution in [0.2, 0.25) is 10.0 Å². The summed E-state index contributed by atoms with van der Waals surface area (Å²) in [6.07, 6.45) is 0. The summed E-state index contributed by atoms with van der Waals surface area (Å²) in [5, 5.41) is 0.703. The van der Waals surface area contributed by atoms with Crippen LogP contribution in [0.1, 0.15) is 18.5 Å². The van der Waals surface area contributed by atoms with E-state index in [-0.39, 0.29) is 11.8 Å². The van der Waals surface area contributed by atoms with Crippen LogP contribution in [0.5, 0.6) is 0 Å². The number of halogens is 2. The highest BCUT2D eigenvalue weighted by Gasteiger charge is 2.41. The van der Waals surface area contributed by atoms with Crippen molar-refractivity contribution in [3.8, 4) is 0 Å². The van der Waals surface area contributed by atoms with Gasteiger partial charge in [0.25, 0.3) is 5.91 Å². The van der Waals surface area contributed by atoms with Gasteiger partial charge in [0.2, 0.25) is 5.91 Å². The second-order valence-electron chi connectivity index (χ2n) is 4.38. The van der Waals surface area contributed by atoms with Crippen molar-refractivity contribution in [2.75, 3.05) is 19.0 Å². The molecule has 1 aromatic rings. The molecular formula is C12H12Cl2N2O2. The molecule has 0 bridgehead atoms. The number of carbonyl (C=O) groups is 2. The van der Waals surface area contributed by atoms with E-state index in [2.05, 4.69) is 0 Å². The van der Waals surface area contributed by atoms with Crippen molar-refractivity contribution in [3.63, 3.8) is 0 Å². The Hall–Kier alpha value is -1.10. The van der Waals surface area contributed by atoms with Crippen molar-refractivity contribution in [3.05, 3.63) is 27.7 Å². The van der Waals surface area contributed by atoms with Crippen LogP contribution in [-0.2, 0) is 9.59 Å². The molecule has 1 heterocycles. The SMILES string of the molecule is CC(=O)N1C(=O)C(N(C)C)c2cc(Cl)c(Cl)cc21. The highest BCUT2D eigenvalue weighted by Crippen LogP contribution is 2.42. The van der Waals surface area contributed by atoms with Crippen LogP contribution in [0.25, 0.3) is 0 Å². The summed E-state index contributed by atoms with van der Waals surface area (Å²) in [6.45, 7) is 1.35. The topological polar surface area (TPSA) is 40.6 Å². The van der Waals surface area contributed by atoms with Crippen molar-refractivity contribution < 1.29 is 9.59 Å². The van der Waals surface area contributed by atoms with Crippen LogP contribution >= 0.6 is 23.2 Å². The summed E-state index contributed by atoms with van der Waals surface area (Å²) in [7, 11) is 3.55. The molecule has 2 rings (SSSR count). The van der Waals surface area contributed by atoms with Crippen LogP contribution in [0.4, 0.5) is 5.69 Å². The van der Waals surface area contributed by atoms with E-state index in [4.69, 9.17) is 23.2 Å². The molecule has 0 saturated carbocycles. The second-order valence-corrected chi connectivity index (χ2v) is 5.20. The van der Waals surface area contributed by atoms with Gasteiger partial charge < -0.3 is 0 Å². The van der Waals surface area contributed by atoms with Gasteiger partial charge in [-0.05, 0) is 26.2 Å². The predicted octanol–water partition coefficient (Wildman–Crippen LogP) is 2.49. The molecule has 1 aromatic carbocycles. The monoisotopic (exact) mass is 286 g/mol. The summed E-state index contributed by atoms with van der Waals surface area (Å²) in [6, 6.07) is 2.70. The van der Waals surface area contributed by atoms with E-state index in [0.717, 1.165) is 4.90 Å². The van der Waals surface area contributed by atoms with Gasteiger partial charge in [-0.15, -0.1) is 0 Å². The van der Waals surface area contributed by atoms with Gasteiger partial charge in [0.05, 0.1) is 15.7 Å². The Kier molecular flexibility index (Phi) is 3.36. The van der Waals surface area contributed by atoms with Crippen molar-refractivity contribution in [1.29, 1.82) is 0 Å². The number of nitrogens with zero attached hydrogens (tertiary/aromatic N) is 2. The minimum Gasteiger partial charge on any atom is -0.294 e. The van der Waals surface area contributed by atoms with Crippen molar-refractivity contribution in [2.45, 2.75) is 13.0 Å². The van der Waals surface area contributed by atoms with E-state index in [1.807, 2.05) is 0 Å². The Morgan fingerprint density at radius 1 is 1.28 bits per heavy atom. The number of rotatable bonds is 1. The fraction of sp³-hybridized carbons (Fsp3) is 0.333. The molecule has 0 aromatic heterocycles. The lowest BCUT2D eigenvalue weighted by atomic mass is 10.1. The summed E-state index contributed by atoms with van der Waals surface area (Å²) in [5.74, 6) is -0.607. The normalized spacial score (nSPS) is 18.4. The number of hydrogen-bond acceptors (Lipinski definition) is 3. The molecule has 1 atom stereocenters. The van der Waals surface area contributed by atoms with Gasteiger partial charge in [0.15, 0.2) is 0 Å². The number of carbonyl (C=O) groups excluding carboxylic acids is 2. The maximum atomic E-state index is 12.2. The molecule has 1 aliphatic heterocycles. The summed E-state index contributed by atoms with van der Waals surface area (Å²) < 4.78 is 0. The van der Waals surface area contributed by atoms with Crippen molar-refractivity contribution in [1.82, 2.24) is 4.90 Å². The molecule has 0 aliphatic carbocycles. The lowest BCUT2D eigenvalue weighted by molar-refractivity contribution is -0.127. The molecule has 2 amide bonds. The fourth-order valence-electron chi connectivity index (χ4n) is 2.16. The minimum absolute atomic E-state index is 0.277. The van der Waals surface area contributed by atoms with E-state index in [9.17, 15) is 9.59 Å². The third kappa shape index (κ3) is 1.90. The number of amides is 2. The molecule has 0 fully saturated rings. The molecule has 1 unspecified atom stereocenters. The van der Waals surface area contributed by atoms with Crippen molar-refractivity contribution >= 4 is 40.7 Å². The van der Waals surface area contributed by atoms with Crippen LogP contribution in [-0.4, -0.2) is 30.8 Å². The third-order valence-corrected chi connectivity index (χ3v) is 3.61. The maximum absolute atomic E-state index is 12.2. The molecule has 0 spiro atoms. The van der Waals surface area contributed by atoms with E-state index in [1.165, 1.54) is 6.92 Å². The fourth-order valence-corrected chi connectivity index (χ4v) is 2.49. The lowest BCUT2D eigenvalue weighted by Crippen LogP contribution is -2.37. The molecule has 0 saturated heterocycles. The number of fused-ring (bicyclic) bond motifs is 1. The average molecular weight is 287 g/mol. The zero-order valence-corrected chi connectivity index (χ0v) is 11.7. The van der Waals surface area contributed by atoms with Crippen LogP contribution in [0.15, 0.2) is 12.1 Å². The number of likely N-dealkylation sites (N-methyl/N-ethyl adjacent to an activating group) is 1. The molecule has 96 valence electrons. The Labute approximate surface area is 115 Å². The van der Waals surface area contributed by atoms with E-state index >= 15 is 0 Å². The molecule has 0 N–H and O–H groups in total. The molecule has 4 nitrogen and oxygen atoms in total. The summed E-state index contributed by atoms with van der Waals surface area (Å²) in [4.78, 5) is 26.7. The molecule has 0 radical (unpaired) electrons. The highest BCUT2D eigenvalue weighted by atomic mass is 35.5. The first-order chi connectivity index (χ1) is 8.34. The van der Waals surface area contributed by atoms with Gasteiger partial charge in [-0.25, -0.2) is 4.90 Å². The first kappa shape index (κ1) is 13.3. The van der Waals surface area contributed by atoms with Gasteiger partial charge >= 0.3 is 0 Å². The van der Waals surface area contributed by atoms with Gasteiger partial charge in [-0.1, -0.05) is 23.2 Å². The highest BCUT2D eigenvalue weighted by molar-refractivity contribution is 6.42. The number of anilines is 1. The largest absolute Gasteiger partial charge is 0.294 e. The van der Waals surface area contributed by atoms with Crippen LogP contribution in [0, 0.1) is 0 Å². The standard InChI is InChI=1S/C12H12Cl2N2O2/c1-6(17)16-10-5-9(14)8(13)4-7(10)11(12(16)18)15(2)3/h4-5,11H,1-3H3. The van der Waals surface area contributed by atoms with Gasteiger partial charge in [-0.3, -0.25) is 14.5 Å². The number of imide groups is 1. The van der Waals surface area contributed by atoms with E-state index < -0.39 is 6.04 Å². The first-order valence-electron chi connectivity index (χ1n) is 5.34. The van der Waals surface area contributed by atoms with Gasteiger partial charge in [-0.2, -0.15) is 0 Å². The maximum Gasteiger partial charge on any atom is 0.255 e. The number of benzene rings is 1. The number of hydrogen-bond donors (Lipinski definition) is 0. The van der Waals surface area contributed by atoms with Gasteiger partial charge in [0.1, 0.15) is 6.04 Å². The molecule has 1 aliphatic rings. The van der Waals surface area contributed by atoms with Crippen molar-refractivity contribution in [2.24, 2.45) is 0 Å². The Balaban J connectivity index is 2.66. The Bertz CT molecular complexity index is 543. The first-order valence-corrected chi connectivity index (χ1v) is 6.10. The van der Waals surface area contributed by atoms with Crippen LogP contribution in [0.3, 0.4) is 0 Å². The second kappa shape index (κ2) is 4.53. The van der Waals surface area contributed by atoms with Gasteiger partial charge in [0, 0.05) is 12.5 Å². The Morgan fingerprint density at radius 3 is 2.33 bits per heavy atom. The molecule has 18 heavy (non-hydrogen) atoms. The smallest absolute Gasteiger partial charge is 0.255 e. The van der Waals surface area contributed by atoms with E-state index in [1.54, 1.807) is 31.1 Å². The quantitative estimate of drug-likeness (QED) is 0.796. The van der Waals surface area contributed by atoms with Crippen LogP contribution < -0.4 is 4.90 Å². The average Bonchev–Trinajstić information content (AvgIpc) is 2.50. The summed E-state index contributed by atoms with van der Waals surface area (Å²) >= 11 is 11.9. The minimum atomic E-state index is -0.501. The molecular weight excluding hydrogens is 275 g/mol. The van der Waals surface area contributed by atoms with E-state index in [0.29, 0.717) is 21.3 Å².